The van der Waals surface area contributed by atoms with Gasteiger partial charge in [-0.25, -0.2) is 0 Å². The van der Waals surface area contributed by atoms with Crippen LogP contribution in [0.4, 0.5) is 0 Å². The molecule has 0 saturated heterocycles. The average Bonchev–Trinajstić information content (AvgIpc) is 1.62. The lowest BCUT2D eigenvalue weighted by molar-refractivity contribution is -0.885. The Hall–Kier alpha value is -0.480. The van der Waals surface area contributed by atoms with Gasteiger partial charge in [-0.15, -0.1) is 6.42 Å². The number of hydrogen-bond acceptors (Lipinski definition) is 0. The zero-order valence-corrected chi connectivity index (χ0v) is 6.10. The first-order valence-electron chi connectivity index (χ1n) is 2.75. The molecule has 0 saturated carbocycles. The fourth-order valence-electron chi connectivity index (χ4n) is 0.224. The smallest absolute Gasteiger partial charge is 0.147 e. The summed E-state index contributed by atoms with van der Waals surface area (Å²) in [5.74, 6) is 2.68. The van der Waals surface area contributed by atoms with Crippen molar-refractivity contribution in [3.63, 3.8) is 0 Å². The van der Waals surface area contributed by atoms with Crippen molar-refractivity contribution in [3.05, 3.63) is 0 Å². The minimum Gasteiger partial charge on any atom is -0.319 e. The van der Waals surface area contributed by atoms with Crippen LogP contribution in [0, 0.1) is 12.3 Å². The normalized spacial score (nSPS) is 14.9. The van der Waals surface area contributed by atoms with Gasteiger partial charge in [-0.1, -0.05) is 0 Å². The molecule has 0 amide bonds. The molecule has 1 heteroatoms. The van der Waals surface area contributed by atoms with Crippen LogP contribution < -0.4 is 0 Å². The maximum Gasteiger partial charge on any atom is 0.147 e. The SMILES string of the molecule is C#CC(C)[N+](C)(C)C. The number of terminal acetylenes is 1. The zero-order chi connectivity index (χ0) is 6.78. The Balaban J connectivity index is 3.87. The number of hydrogen-bond donors (Lipinski definition) is 0. The molecular weight excluding hydrogens is 98.1 g/mol. The lowest BCUT2D eigenvalue weighted by Gasteiger charge is -2.27. The lowest BCUT2D eigenvalue weighted by atomic mass is 10.3. The summed E-state index contributed by atoms with van der Waals surface area (Å²) in [6.45, 7) is 2.04. The molecule has 0 aromatic rings. The van der Waals surface area contributed by atoms with E-state index in [-0.39, 0.29) is 0 Å². The Morgan fingerprint density at radius 3 is 1.75 bits per heavy atom. The van der Waals surface area contributed by atoms with E-state index >= 15 is 0 Å². The topological polar surface area (TPSA) is 0 Å². The highest BCUT2D eigenvalue weighted by Gasteiger charge is 2.13. The highest BCUT2D eigenvalue weighted by Crippen LogP contribution is 1.97. The molecule has 0 radical (unpaired) electrons. The van der Waals surface area contributed by atoms with Crippen molar-refractivity contribution in [1.82, 2.24) is 0 Å². The third-order valence-corrected chi connectivity index (χ3v) is 1.40. The van der Waals surface area contributed by atoms with Crippen LogP contribution in [0.2, 0.25) is 0 Å². The summed E-state index contributed by atoms with van der Waals surface area (Å²) >= 11 is 0. The van der Waals surface area contributed by atoms with Crippen molar-refractivity contribution >= 4 is 0 Å². The molecule has 0 bridgehead atoms. The summed E-state index contributed by atoms with van der Waals surface area (Å²) < 4.78 is 0.844. The first-order chi connectivity index (χ1) is 3.48. The van der Waals surface area contributed by atoms with Crippen LogP contribution in [0.15, 0.2) is 0 Å². The second-order valence-electron chi connectivity index (χ2n) is 2.96. The quantitative estimate of drug-likeness (QED) is 0.346. The highest BCUT2D eigenvalue weighted by atomic mass is 15.3. The minimum atomic E-state index is 0.315. The van der Waals surface area contributed by atoms with Crippen molar-refractivity contribution in [2.75, 3.05) is 21.1 Å². The van der Waals surface area contributed by atoms with Crippen molar-refractivity contribution in [2.24, 2.45) is 0 Å². The van der Waals surface area contributed by atoms with Gasteiger partial charge in [-0.05, 0) is 12.8 Å². The van der Waals surface area contributed by atoms with Crippen molar-refractivity contribution < 1.29 is 4.48 Å². The van der Waals surface area contributed by atoms with Gasteiger partial charge >= 0.3 is 0 Å². The summed E-state index contributed by atoms with van der Waals surface area (Å²) in [5.41, 5.74) is 0. The van der Waals surface area contributed by atoms with Gasteiger partial charge in [0.2, 0.25) is 0 Å². The molecule has 8 heavy (non-hydrogen) atoms. The van der Waals surface area contributed by atoms with Gasteiger partial charge in [0.25, 0.3) is 0 Å². The van der Waals surface area contributed by atoms with E-state index in [0.29, 0.717) is 6.04 Å². The summed E-state index contributed by atoms with van der Waals surface area (Å²) in [5, 5.41) is 0. The molecule has 1 unspecified atom stereocenters. The first-order valence-corrected chi connectivity index (χ1v) is 2.75. The molecule has 0 rings (SSSR count). The molecule has 1 nitrogen and oxygen atoms in total. The van der Waals surface area contributed by atoms with E-state index in [9.17, 15) is 0 Å². The average molecular weight is 112 g/mol. The van der Waals surface area contributed by atoms with Crippen LogP contribution in [0.3, 0.4) is 0 Å². The van der Waals surface area contributed by atoms with Gasteiger partial charge in [-0.3, -0.25) is 0 Å². The molecule has 0 aromatic heterocycles. The third-order valence-electron chi connectivity index (χ3n) is 1.40. The standard InChI is InChI=1S/C7H14N/c1-6-7(2)8(3,4)5/h1,7H,2-5H3/q+1. The fraction of sp³-hybridized carbons (Fsp3) is 0.714. The number of quaternary nitrogens is 1. The number of nitrogens with zero attached hydrogens (tertiary/aromatic N) is 1. The minimum absolute atomic E-state index is 0.315. The van der Waals surface area contributed by atoms with E-state index in [2.05, 4.69) is 27.1 Å². The second kappa shape index (κ2) is 2.19. The predicted molar refractivity (Wildman–Crippen MR) is 36.3 cm³/mol. The Bertz CT molecular complexity index is 103. The van der Waals surface area contributed by atoms with Gasteiger partial charge in [0.15, 0.2) is 0 Å². The van der Waals surface area contributed by atoms with E-state index in [1.807, 2.05) is 6.92 Å². The van der Waals surface area contributed by atoms with E-state index < -0.39 is 0 Å². The van der Waals surface area contributed by atoms with Crippen LogP contribution >= 0.6 is 0 Å². The van der Waals surface area contributed by atoms with Crippen LogP contribution in [-0.2, 0) is 0 Å². The molecule has 0 aliphatic heterocycles. The van der Waals surface area contributed by atoms with Crippen LogP contribution in [0.5, 0.6) is 0 Å². The predicted octanol–water partition coefficient (Wildman–Crippen LogP) is 0.714. The molecule has 0 fully saturated rings. The van der Waals surface area contributed by atoms with Crippen molar-refractivity contribution in [3.8, 4) is 12.3 Å². The molecular formula is C7H14N+. The molecule has 1 atom stereocenters. The van der Waals surface area contributed by atoms with Gasteiger partial charge in [0.1, 0.15) is 6.04 Å². The molecule has 0 heterocycles. The van der Waals surface area contributed by atoms with Gasteiger partial charge in [0, 0.05) is 0 Å². The molecule has 46 valence electrons. The summed E-state index contributed by atoms with van der Waals surface area (Å²) in [7, 11) is 6.26. The molecule has 0 aromatic carbocycles. The van der Waals surface area contributed by atoms with E-state index in [1.54, 1.807) is 0 Å². The van der Waals surface area contributed by atoms with E-state index in [4.69, 9.17) is 6.42 Å². The Morgan fingerprint density at radius 1 is 1.38 bits per heavy atom. The fourth-order valence-corrected chi connectivity index (χ4v) is 0.224. The number of rotatable bonds is 1. The van der Waals surface area contributed by atoms with Crippen molar-refractivity contribution in [2.45, 2.75) is 13.0 Å². The summed E-state index contributed by atoms with van der Waals surface area (Å²) in [4.78, 5) is 0. The summed E-state index contributed by atoms with van der Waals surface area (Å²) in [6.07, 6.45) is 5.19. The molecule has 0 aliphatic rings. The molecule has 0 spiro atoms. The zero-order valence-electron chi connectivity index (χ0n) is 6.10. The molecule has 0 aliphatic carbocycles. The van der Waals surface area contributed by atoms with E-state index in [1.165, 1.54) is 0 Å². The highest BCUT2D eigenvalue weighted by molar-refractivity contribution is 4.91. The van der Waals surface area contributed by atoms with Crippen LogP contribution in [-0.4, -0.2) is 31.7 Å². The van der Waals surface area contributed by atoms with Crippen LogP contribution in [0.25, 0.3) is 0 Å². The van der Waals surface area contributed by atoms with Crippen molar-refractivity contribution in [1.29, 1.82) is 0 Å². The monoisotopic (exact) mass is 112 g/mol. The Labute approximate surface area is 51.9 Å². The summed E-state index contributed by atoms with van der Waals surface area (Å²) in [6, 6.07) is 0.315. The largest absolute Gasteiger partial charge is 0.319 e. The maximum atomic E-state index is 5.19. The van der Waals surface area contributed by atoms with Gasteiger partial charge < -0.3 is 4.48 Å². The Kier molecular flexibility index (Phi) is 2.06. The van der Waals surface area contributed by atoms with Gasteiger partial charge in [-0.2, -0.15) is 0 Å². The second-order valence-corrected chi connectivity index (χ2v) is 2.96. The van der Waals surface area contributed by atoms with E-state index in [0.717, 1.165) is 4.48 Å². The maximum absolute atomic E-state index is 5.19. The first kappa shape index (κ1) is 7.52. The van der Waals surface area contributed by atoms with Gasteiger partial charge in [0.05, 0.1) is 21.1 Å². The lowest BCUT2D eigenvalue weighted by Crippen LogP contribution is -2.42. The third kappa shape index (κ3) is 1.99. The molecule has 0 N–H and O–H groups in total. The Morgan fingerprint density at radius 2 is 1.75 bits per heavy atom. The van der Waals surface area contributed by atoms with Crippen LogP contribution in [0.1, 0.15) is 6.92 Å².